The number of sulfonamides is 1. The lowest BCUT2D eigenvalue weighted by atomic mass is 10.0. The monoisotopic (exact) mass is 535 g/mol. The van der Waals surface area contributed by atoms with E-state index in [1.165, 1.54) is 13.8 Å². The van der Waals surface area contributed by atoms with Crippen LogP contribution in [0.15, 0.2) is 51.9 Å². The third-order valence-electron chi connectivity index (χ3n) is 7.08. The molecule has 1 saturated carbocycles. The van der Waals surface area contributed by atoms with Crippen LogP contribution in [-0.2, 0) is 22.9 Å². The molecule has 0 bridgehead atoms. The van der Waals surface area contributed by atoms with E-state index in [1.807, 2.05) is 30.3 Å². The minimum absolute atomic E-state index is 0.000684. The van der Waals surface area contributed by atoms with E-state index in [4.69, 9.17) is 4.42 Å². The molecule has 38 heavy (non-hydrogen) atoms. The maximum atomic E-state index is 14.3. The lowest BCUT2D eigenvalue weighted by Crippen LogP contribution is -2.36. The van der Waals surface area contributed by atoms with Crippen LogP contribution in [0.5, 0.6) is 0 Å². The summed E-state index contributed by atoms with van der Waals surface area (Å²) in [4.78, 5) is 4.87. The topological polar surface area (TPSA) is 110 Å². The molecule has 8 nitrogen and oxygen atoms in total. The zero-order valence-corrected chi connectivity index (χ0v) is 22.4. The number of alkyl halides is 1. The van der Waals surface area contributed by atoms with E-state index in [0.29, 0.717) is 35.9 Å². The molecule has 2 aromatic carbocycles. The molecule has 6 rings (SSSR count). The second-order valence-electron chi connectivity index (χ2n) is 10.9. The number of rotatable bonds is 8. The summed E-state index contributed by atoms with van der Waals surface area (Å²) in [5.74, 6) is 1.36. The number of hydrogen-bond donors (Lipinski definition) is 2. The van der Waals surface area contributed by atoms with Gasteiger partial charge in [0.05, 0.1) is 4.90 Å². The van der Waals surface area contributed by atoms with Gasteiger partial charge in [-0.25, -0.2) is 17.5 Å². The van der Waals surface area contributed by atoms with Crippen LogP contribution in [0.25, 0.3) is 22.2 Å². The second-order valence-corrected chi connectivity index (χ2v) is 12.6. The first-order valence-electron chi connectivity index (χ1n) is 12.9. The Labute approximate surface area is 221 Å². The summed E-state index contributed by atoms with van der Waals surface area (Å²) in [6.45, 7) is 4.18. The smallest absolute Gasteiger partial charge is 0.247 e. The number of anilines is 1. The Morgan fingerprint density at radius 1 is 1.11 bits per heavy atom. The van der Waals surface area contributed by atoms with E-state index in [0.717, 1.165) is 46.3 Å². The number of nitrogens with one attached hydrogen (secondary N) is 2. The van der Waals surface area contributed by atoms with E-state index in [-0.39, 0.29) is 17.5 Å². The van der Waals surface area contributed by atoms with E-state index < -0.39 is 15.7 Å². The van der Waals surface area contributed by atoms with E-state index >= 15 is 0 Å². The van der Waals surface area contributed by atoms with Crippen molar-refractivity contribution in [3.8, 4) is 11.5 Å². The van der Waals surface area contributed by atoms with Crippen molar-refractivity contribution in [2.45, 2.75) is 69.0 Å². The van der Waals surface area contributed by atoms with Crippen molar-refractivity contribution in [1.82, 2.24) is 19.9 Å². The van der Waals surface area contributed by atoms with E-state index in [2.05, 4.69) is 31.3 Å². The summed E-state index contributed by atoms with van der Waals surface area (Å²) >= 11 is 0. The first kappa shape index (κ1) is 24.9. The summed E-state index contributed by atoms with van der Waals surface area (Å²) in [7, 11) is -3.97. The predicted molar refractivity (Wildman–Crippen MR) is 143 cm³/mol. The lowest BCUT2D eigenvalue weighted by molar-refractivity contribution is 0.221. The van der Waals surface area contributed by atoms with Gasteiger partial charge in [0.25, 0.3) is 0 Å². The molecular weight excluding hydrogens is 505 g/mol. The number of aryl methyl sites for hydroxylation is 1. The fourth-order valence-electron chi connectivity index (χ4n) is 5.08. The van der Waals surface area contributed by atoms with Crippen molar-refractivity contribution in [2.75, 3.05) is 11.9 Å². The van der Waals surface area contributed by atoms with Crippen LogP contribution in [-0.4, -0.2) is 41.9 Å². The normalized spacial score (nSPS) is 17.6. The molecule has 2 aliphatic carbocycles. The van der Waals surface area contributed by atoms with Crippen LogP contribution >= 0.6 is 0 Å². The highest BCUT2D eigenvalue weighted by atomic mass is 32.2. The molecule has 4 aromatic rings. The van der Waals surface area contributed by atoms with Crippen molar-refractivity contribution in [3.05, 3.63) is 65.3 Å². The third-order valence-corrected chi connectivity index (χ3v) is 8.61. The number of fused-ring (bicyclic) bond motifs is 2. The molecule has 10 heteroatoms. The van der Waals surface area contributed by atoms with E-state index in [9.17, 15) is 12.8 Å². The van der Waals surface area contributed by atoms with Gasteiger partial charge in [-0.05, 0) is 87.1 Å². The highest BCUT2D eigenvalue weighted by Gasteiger charge is 2.33. The minimum atomic E-state index is -3.97. The fraction of sp³-hybridized carbons (Fsp3) is 0.393. The molecule has 2 aliphatic rings. The highest BCUT2D eigenvalue weighted by Crippen LogP contribution is 2.42. The zero-order chi connectivity index (χ0) is 26.7. The summed E-state index contributed by atoms with van der Waals surface area (Å²) in [5, 5.41) is 12.9. The van der Waals surface area contributed by atoms with Crippen LogP contribution in [0, 0.1) is 6.92 Å². The fourth-order valence-corrected chi connectivity index (χ4v) is 6.76. The summed E-state index contributed by atoms with van der Waals surface area (Å²) in [6.07, 6.45) is 5.11. The molecule has 2 aromatic heterocycles. The molecule has 0 aliphatic heterocycles. The molecule has 0 amide bonds. The van der Waals surface area contributed by atoms with Gasteiger partial charge >= 0.3 is 0 Å². The van der Waals surface area contributed by atoms with Gasteiger partial charge in [-0.15, -0.1) is 10.2 Å². The summed E-state index contributed by atoms with van der Waals surface area (Å²) in [6, 6.07) is 11.7. The van der Waals surface area contributed by atoms with Crippen molar-refractivity contribution >= 4 is 26.5 Å². The van der Waals surface area contributed by atoms with Crippen molar-refractivity contribution in [3.63, 3.8) is 0 Å². The van der Waals surface area contributed by atoms with Gasteiger partial charge in [0, 0.05) is 59.3 Å². The van der Waals surface area contributed by atoms with E-state index in [1.54, 1.807) is 13.1 Å². The number of benzene rings is 2. The van der Waals surface area contributed by atoms with Gasteiger partial charge in [0.1, 0.15) is 5.67 Å². The molecule has 198 valence electrons. The number of halogens is 1. The van der Waals surface area contributed by atoms with Crippen LogP contribution in [0.3, 0.4) is 0 Å². The largest absolute Gasteiger partial charge is 0.421 e. The molecule has 0 radical (unpaired) electrons. The van der Waals surface area contributed by atoms with Crippen molar-refractivity contribution in [1.29, 1.82) is 0 Å². The highest BCUT2D eigenvalue weighted by molar-refractivity contribution is 7.89. The number of pyridine rings is 1. The van der Waals surface area contributed by atoms with Crippen molar-refractivity contribution in [2.24, 2.45) is 0 Å². The Hall–Kier alpha value is -3.37. The predicted octanol–water partition coefficient (Wildman–Crippen LogP) is 5.08. The van der Waals surface area contributed by atoms with Crippen LogP contribution in [0.4, 0.5) is 10.1 Å². The number of nitrogens with zero attached hydrogens (tertiary/aromatic N) is 3. The molecule has 1 atom stereocenters. The van der Waals surface area contributed by atoms with Crippen LogP contribution in [0.1, 0.15) is 55.3 Å². The Morgan fingerprint density at radius 3 is 2.53 bits per heavy atom. The summed E-state index contributed by atoms with van der Waals surface area (Å²) < 4.78 is 49.6. The average Bonchev–Trinajstić information content (AvgIpc) is 3.51. The Balaban J connectivity index is 1.32. The van der Waals surface area contributed by atoms with Gasteiger partial charge in [0.2, 0.25) is 21.8 Å². The van der Waals surface area contributed by atoms with Crippen LogP contribution in [0.2, 0.25) is 0 Å². The maximum absolute atomic E-state index is 14.3. The van der Waals surface area contributed by atoms with Gasteiger partial charge < -0.3 is 9.73 Å². The minimum Gasteiger partial charge on any atom is -0.421 e. The zero-order valence-electron chi connectivity index (χ0n) is 21.6. The summed E-state index contributed by atoms with van der Waals surface area (Å²) in [5.41, 5.74) is 2.73. The van der Waals surface area contributed by atoms with Gasteiger partial charge in [0.15, 0.2) is 0 Å². The lowest BCUT2D eigenvalue weighted by Gasteiger charge is -2.18. The van der Waals surface area contributed by atoms with Gasteiger partial charge in [-0.3, -0.25) is 4.98 Å². The number of aromatic nitrogens is 3. The van der Waals surface area contributed by atoms with Crippen molar-refractivity contribution < 1.29 is 17.2 Å². The Bertz CT molecular complexity index is 1620. The van der Waals surface area contributed by atoms with Crippen LogP contribution < -0.4 is 10.0 Å². The maximum Gasteiger partial charge on any atom is 0.247 e. The molecule has 2 heterocycles. The molecule has 0 saturated heterocycles. The SMILES string of the molecule is Cc1nnc(-c2ccc(N[C@@H]3Cc4cc5cnc(C6CC6)cc5c(S(=O)(=O)NCC(C)(C)F)c4C3)cc2)o1. The molecular formula is C28H30FN5O3S. The molecule has 1 fully saturated rings. The Kier molecular flexibility index (Phi) is 5.99. The average molecular weight is 536 g/mol. The number of hydrogen-bond acceptors (Lipinski definition) is 7. The van der Waals surface area contributed by atoms with Gasteiger partial charge in [-0.2, -0.15) is 0 Å². The first-order valence-corrected chi connectivity index (χ1v) is 14.3. The third kappa shape index (κ3) is 5.02. The van der Waals surface area contributed by atoms with Gasteiger partial charge in [-0.1, -0.05) is 0 Å². The standard InChI is InChI=1S/C28H30FN5O3S/c1-16-33-34-27(37-16)18-6-8-21(9-7-18)32-22-11-19-10-20-14-30-25(17-4-5-17)13-24(20)26(23(19)12-22)38(35,36)31-15-28(2,3)29/h6-10,13-14,17,22,31-32H,4-5,11-12,15H2,1-3H3/t22-/m1/s1. The molecule has 0 unspecified atom stereocenters. The molecule has 0 spiro atoms. The second kappa shape index (κ2) is 9.13. The first-order chi connectivity index (χ1) is 18.1. The Morgan fingerprint density at radius 2 is 1.87 bits per heavy atom. The molecule has 2 N–H and O–H groups in total. The quantitative estimate of drug-likeness (QED) is 0.324.